The maximum absolute atomic E-state index is 12.0. The first-order valence-electron chi connectivity index (χ1n) is 8.71. The molecule has 0 atom stereocenters. The van der Waals surface area contributed by atoms with Gasteiger partial charge in [0.2, 0.25) is 5.91 Å². The Labute approximate surface area is 144 Å². The predicted molar refractivity (Wildman–Crippen MR) is 93.7 cm³/mol. The number of rotatable bonds is 10. The Hall–Kier alpha value is -1.47. The van der Waals surface area contributed by atoms with Crippen molar-refractivity contribution < 1.29 is 14.3 Å². The number of benzene rings is 1. The van der Waals surface area contributed by atoms with Crippen molar-refractivity contribution in [2.75, 3.05) is 52.5 Å². The van der Waals surface area contributed by atoms with Crippen LogP contribution in [0.5, 0.6) is 0 Å². The second kappa shape index (κ2) is 11.1. The van der Waals surface area contributed by atoms with Crippen LogP contribution in [-0.4, -0.2) is 63.4 Å². The molecule has 0 spiro atoms. The van der Waals surface area contributed by atoms with Gasteiger partial charge in [-0.05, 0) is 18.1 Å². The van der Waals surface area contributed by atoms with Gasteiger partial charge in [0.05, 0.1) is 26.4 Å². The number of carbonyl (C=O) groups is 1. The van der Waals surface area contributed by atoms with Crippen LogP contribution in [0.25, 0.3) is 0 Å². The van der Waals surface area contributed by atoms with Crippen LogP contribution >= 0.6 is 0 Å². The van der Waals surface area contributed by atoms with E-state index in [-0.39, 0.29) is 5.91 Å². The number of nitrogens with one attached hydrogen (secondary N) is 2. The molecule has 0 aromatic heterocycles. The largest absolute Gasteiger partial charge is 0.379 e. The van der Waals surface area contributed by atoms with Gasteiger partial charge in [-0.3, -0.25) is 9.69 Å². The summed E-state index contributed by atoms with van der Waals surface area (Å²) in [6.07, 6.45) is 0. The minimum atomic E-state index is 0.0790. The maximum atomic E-state index is 12.0. The Bertz CT molecular complexity index is 490. The van der Waals surface area contributed by atoms with E-state index in [1.807, 2.05) is 25.1 Å². The zero-order valence-electron chi connectivity index (χ0n) is 14.6. The van der Waals surface area contributed by atoms with Crippen LogP contribution in [0.4, 0.5) is 0 Å². The monoisotopic (exact) mass is 335 g/mol. The molecule has 24 heavy (non-hydrogen) atoms. The van der Waals surface area contributed by atoms with Gasteiger partial charge in [0.25, 0.3) is 0 Å². The highest BCUT2D eigenvalue weighted by Crippen LogP contribution is 2.07. The van der Waals surface area contributed by atoms with Crippen LogP contribution in [0, 0.1) is 0 Å². The molecule has 1 amide bonds. The molecule has 0 unspecified atom stereocenters. The van der Waals surface area contributed by atoms with Gasteiger partial charge in [-0.15, -0.1) is 0 Å². The fraction of sp³-hybridized carbons (Fsp3) is 0.611. The van der Waals surface area contributed by atoms with Gasteiger partial charge in [-0.1, -0.05) is 24.3 Å². The van der Waals surface area contributed by atoms with Crippen LogP contribution in [0.1, 0.15) is 18.1 Å². The Morgan fingerprint density at radius 2 is 1.96 bits per heavy atom. The standard InChI is InChI=1S/C18H29N3O3/c1-2-23-10-11-24-15-17-5-3-4-16(12-17)13-20-18(22)14-21-8-6-19-7-9-21/h3-5,12,19H,2,6-11,13-15H2,1H3,(H,20,22). The average molecular weight is 335 g/mol. The van der Waals surface area contributed by atoms with Gasteiger partial charge in [-0.25, -0.2) is 0 Å². The summed E-state index contributed by atoms with van der Waals surface area (Å²) in [5, 5.41) is 6.28. The van der Waals surface area contributed by atoms with Gasteiger partial charge in [-0.2, -0.15) is 0 Å². The molecular weight excluding hydrogens is 306 g/mol. The van der Waals surface area contributed by atoms with Crippen molar-refractivity contribution in [1.29, 1.82) is 0 Å². The van der Waals surface area contributed by atoms with Crippen molar-refractivity contribution >= 4 is 5.91 Å². The summed E-state index contributed by atoms with van der Waals surface area (Å²) in [4.78, 5) is 14.2. The predicted octanol–water partition coefficient (Wildman–Crippen LogP) is 0.761. The second-order valence-corrected chi connectivity index (χ2v) is 5.87. The lowest BCUT2D eigenvalue weighted by atomic mass is 10.1. The SMILES string of the molecule is CCOCCOCc1cccc(CNC(=O)CN2CCNCC2)c1. The molecule has 6 heteroatoms. The van der Waals surface area contributed by atoms with Crippen molar-refractivity contribution in [3.63, 3.8) is 0 Å². The fourth-order valence-corrected chi connectivity index (χ4v) is 2.61. The quantitative estimate of drug-likeness (QED) is 0.618. The average Bonchev–Trinajstić information content (AvgIpc) is 2.61. The molecule has 0 bridgehead atoms. The highest BCUT2D eigenvalue weighted by atomic mass is 16.5. The van der Waals surface area contributed by atoms with Crippen molar-refractivity contribution in [2.24, 2.45) is 0 Å². The number of nitrogens with zero attached hydrogens (tertiary/aromatic N) is 1. The Morgan fingerprint density at radius 3 is 2.75 bits per heavy atom. The molecule has 0 aliphatic carbocycles. The van der Waals surface area contributed by atoms with Crippen LogP contribution in [0.15, 0.2) is 24.3 Å². The highest BCUT2D eigenvalue weighted by molar-refractivity contribution is 5.78. The second-order valence-electron chi connectivity index (χ2n) is 5.87. The molecule has 2 N–H and O–H groups in total. The Kier molecular flexibility index (Phi) is 8.76. The van der Waals surface area contributed by atoms with Crippen LogP contribution in [0.2, 0.25) is 0 Å². The number of hydrogen-bond acceptors (Lipinski definition) is 5. The number of ether oxygens (including phenoxy) is 2. The number of amides is 1. The molecule has 0 saturated carbocycles. The summed E-state index contributed by atoms with van der Waals surface area (Å²) in [5.41, 5.74) is 2.20. The Balaban J connectivity index is 1.68. The molecule has 1 heterocycles. The summed E-state index contributed by atoms with van der Waals surface area (Å²) < 4.78 is 10.8. The van der Waals surface area contributed by atoms with Crippen LogP contribution < -0.4 is 10.6 Å². The first-order chi connectivity index (χ1) is 11.8. The first kappa shape index (κ1) is 18.9. The van der Waals surface area contributed by atoms with Gasteiger partial charge >= 0.3 is 0 Å². The molecular formula is C18H29N3O3. The zero-order valence-corrected chi connectivity index (χ0v) is 14.6. The molecule has 1 fully saturated rings. The maximum Gasteiger partial charge on any atom is 0.234 e. The summed E-state index contributed by atoms with van der Waals surface area (Å²) in [7, 11) is 0. The fourth-order valence-electron chi connectivity index (χ4n) is 2.61. The van der Waals surface area contributed by atoms with Gasteiger partial charge in [0, 0.05) is 39.3 Å². The third-order valence-corrected chi connectivity index (χ3v) is 3.90. The van der Waals surface area contributed by atoms with Crippen LogP contribution in [0.3, 0.4) is 0 Å². The zero-order chi connectivity index (χ0) is 17.0. The van der Waals surface area contributed by atoms with E-state index in [0.29, 0.717) is 39.5 Å². The molecule has 1 aliphatic heterocycles. The first-order valence-corrected chi connectivity index (χ1v) is 8.71. The van der Waals surface area contributed by atoms with Crippen molar-refractivity contribution in [1.82, 2.24) is 15.5 Å². The van der Waals surface area contributed by atoms with Crippen LogP contribution in [-0.2, 0) is 27.4 Å². The van der Waals surface area contributed by atoms with Gasteiger partial charge in [0.1, 0.15) is 0 Å². The van der Waals surface area contributed by atoms with E-state index < -0.39 is 0 Å². The normalized spacial score (nSPS) is 15.4. The molecule has 1 saturated heterocycles. The summed E-state index contributed by atoms with van der Waals surface area (Å²) in [6, 6.07) is 8.13. The van der Waals surface area contributed by atoms with E-state index in [2.05, 4.69) is 21.6 Å². The molecule has 134 valence electrons. The van der Waals surface area contributed by atoms with E-state index in [9.17, 15) is 4.79 Å². The van der Waals surface area contributed by atoms with E-state index in [1.165, 1.54) is 0 Å². The van der Waals surface area contributed by atoms with Crippen molar-refractivity contribution in [2.45, 2.75) is 20.1 Å². The molecule has 1 aromatic rings. The van der Waals surface area contributed by atoms with E-state index in [4.69, 9.17) is 9.47 Å². The molecule has 6 nitrogen and oxygen atoms in total. The van der Waals surface area contributed by atoms with E-state index in [0.717, 1.165) is 37.3 Å². The van der Waals surface area contributed by atoms with E-state index >= 15 is 0 Å². The third kappa shape index (κ3) is 7.40. The number of piperazine rings is 1. The topological polar surface area (TPSA) is 62.8 Å². The molecule has 1 aliphatic rings. The molecule has 2 rings (SSSR count). The summed E-state index contributed by atoms with van der Waals surface area (Å²) in [6.45, 7) is 9.28. The van der Waals surface area contributed by atoms with Gasteiger partial charge in [0.15, 0.2) is 0 Å². The van der Waals surface area contributed by atoms with E-state index in [1.54, 1.807) is 0 Å². The third-order valence-electron chi connectivity index (χ3n) is 3.90. The molecule has 0 radical (unpaired) electrons. The highest BCUT2D eigenvalue weighted by Gasteiger charge is 2.13. The lowest BCUT2D eigenvalue weighted by Gasteiger charge is -2.26. The lowest BCUT2D eigenvalue weighted by Crippen LogP contribution is -2.47. The van der Waals surface area contributed by atoms with Crippen molar-refractivity contribution in [3.05, 3.63) is 35.4 Å². The number of hydrogen-bond donors (Lipinski definition) is 2. The van der Waals surface area contributed by atoms with Gasteiger partial charge < -0.3 is 20.1 Å². The number of carbonyl (C=O) groups excluding carboxylic acids is 1. The minimum absolute atomic E-state index is 0.0790. The Morgan fingerprint density at radius 1 is 1.21 bits per heavy atom. The van der Waals surface area contributed by atoms with Crippen molar-refractivity contribution in [3.8, 4) is 0 Å². The minimum Gasteiger partial charge on any atom is -0.379 e. The summed E-state index contributed by atoms with van der Waals surface area (Å²) >= 11 is 0. The molecule has 1 aromatic carbocycles. The summed E-state index contributed by atoms with van der Waals surface area (Å²) in [5.74, 6) is 0.0790. The lowest BCUT2D eigenvalue weighted by molar-refractivity contribution is -0.122. The smallest absolute Gasteiger partial charge is 0.234 e.